The molecule has 0 bridgehead atoms. The number of alkyl halides is 3. The van der Waals surface area contributed by atoms with Crippen molar-refractivity contribution in [3.8, 4) is 16.9 Å². The minimum absolute atomic E-state index is 0.0380. The van der Waals surface area contributed by atoms with E-state index >= 15 is 0 Å². The van der Waals surface area contributed by atoms with Gasteiger partial charge in [0.15, 0.2) is 11.4 Å². The van der Waals surface area contributed by atoms with Gasteiger partial charge in [-0.2, -0.15) is 13.2 Å². The number of ether oxygens (including phenoxy) is 2. The summed E-state index contributed by atoms with van der Waals surface area (Å²) in [6, 6.07) is 16.1. The first kappa shape index (κ1) is 29.9. The molecule has 0 aliphatic heterocycles. The minimum atomic E-state index is -4.38. The average molecular weight is 541 g/mol. The lowest BCUT2D eigenvalue weighted by atomic mass is 9.90. The molecule has 3 rings (SSSR count). The SMILES string of the molecule is CCOC(=O)C(C)(C)Oc1ccc(C(=O)CCc2cc(-c3ccc(C(F)(F)F)cc3)ccc2C(C)C)cc1C. The van der Waals surface area contributed by atoms with E-state index in [1.807, 2.05) is 25.1 Å². The number of Topliss-reactive ketones (excluding diaryl/α,β-unsaturated/α-hetero) is 1. The lowest BCUT2D eigenvalue weighted by Gasteiger charge is -2.25. The molecular weight excluding hydrogens is 505 g/mol. The van der Waals surface area contributed by atoms with Crippen molar-refractivity contribution in [3.05, 3.63) is 88.5 Å². The van der Waals surface area contributed by atoms with E-state index in [4.69, 9.17) is 9.47 Å². The topological polar surface area (TPSA) is 52.6 Å². The number of benzene rings is 3. The lowest BCUT2D eigenvalue weighted by Crippen LogP contribution is -2.39. The third-order valence-corrected chi connectivity index (χ3v) is 6.56. The van der Waals surface area contributed by atoms with Gasteiger partial charge in [-0.05, 0) is 98.2 Å². The van der Waals surface area contributed by atoms with Crippen molar-refractivity contribution < 1.29 is 32.2 Å². The maximum Gasteiger partial charge on any atom is 0.416 e. The molecule has 0 saturated carbocycles. The van der Waals surface area contributed by atoms with Crippen molar-refractivity contribution in [2.45, 2.75) is 72.1 Å². The van der Waals surface area contributed by atoms with Crippen LogP contribution in [0.15, 0.2) is 60.7 Å². The Balaban J connectivity index is 1.77. The van der Waals surface area contributed by atoms with Gasteiger partial charge in [-0.25, -0.2) is 4.79 Å². The zero-order valence-corrected chi connectivity index (χ0v) is 23.2. The highest BCUT2D eigenvalue weighted by molar-refractivity contribution is 5.96. The van der Waals surface area contributed by atoms with Gasteiger partial charge in [0.25, 0.3) is 0 Å². The van der Waals surface area contributed by atoms with Gasteiger partial charge in [-0.3, -0.25) is 4.79 Å². The highest BCUT2D eigenvalue weighted by atomic mass is 19.4. The van der Waals surface area contributed by atoms with Crippen LogP contribution in [0.3, 0.4) is 0 Å². The molecule has 0 unspecified atom stereocenters. The molecular formula is C32H35F3O4. The van der Waals surface area contributed by atoms with Gasteiger partial charge in [0.05, 0.1) is 12.2 Å². The van der Waals surface area contributed by atoms with Gasteiger partial charge in [-0.1, -0.05) is 44.2 Å². The minimum Gasteiger partial charge on any atom is -0.476 e. The lowest BCUT2D eigenvalue weighted by molar-refractivity contribution is -0.158. The van der Waals surface area contributed by atoms with Crippen molar-refractivity contribution in [1.29, 1.82) is 0 Å². The molecule has 39 heavy (non-hydrogen) atoms. The summed E-state index contributed by atoms with van der Waals surface area (Å²) >= 11 is 0. The van der Waals surface area contributed by atoms with Gasteiger partial charge in [0.1, 0.15) is 5.75 Å². The third-order valence-electron chi connectivity index (χ3n) is 6.56. The number of esters is 1. The summed E-state index contributed by atoms with van der Waals surface area (Å²) in [5.74, 6) is 0.210. The van der Waals surface area contributed by atoms with Gasteiger partial charge in [-0.15, -0.1) is 0 Å². The molecule has 0 atom stereocenters. The smallest absolute Gasteiger partial charge is 0.416 e. The van der Waals surface area contributed by atoms with Crippen molar-refractivity contribution in [2.75, 3.05) is 6.61 Å². The fourth-order valence-corrected chi connectivity index (χ4v) is 4.37. The van der Waals surface area contributed by atoms with Crippen LogP contribution in [0, 0.1) is 6.92 Å². The number of rotatable bonds is 10. The molecule has 7 heteroatoms. The summed E-state index contributed by atoms with van der Waals surface area (Å²) in [6.45, 7) is 11.2. The molecule has 0 fully saturated rings. The van der Waals surface area contributed by atoms with Crippen LogP contribution in [0.2, 0.25) is 0 Å². The fourth-order valence-electron chi connectivity index (χ4n) is 4.37. The zero-order valence-electron chi connectivity index (χ0n) is 23.2. The quantitative estimate of drug-likeness (QED) is 0.192. The first-order valence-corrected chi connectivity index (χ1v) is 13.0. The highest BCUT2D eigenvalue weighted by Crippen LogP contribution is 2.33. The molecule has 3 aromatic carbocycles. The van der Waals surface area contributed by atoms with Crippen LogP contribution >= 0.6 is 0 Å². The Morgan fingerprint density at radius 2 is 1.54 bits per heavy atom. The van der Waals surface area contributed by atoms with E-state index in [-0.39, 0.29) is 24.7 Å². The van der Waals surface area contributed by atoms with Crippen molar-refractivity contribution in [2.24, 2.45) is 0 Å². The summed E-state index contributed by atoms with van der Waals surface area (Å²) in [5.41, 5.74) is 2.98. The number of ketones is 1. The van der Waals surface area contributed by atoms with E-state index in [1.165, 1.54) is 12.1 Å². The van der Waals surface area contributed by atoms with E-state index < -0.39 is 23.3 Å². The maximum atomic E-state index is 13.1. The number of hydrogen-bond acceptors (Lipinski definition) is 4. The molecule has 3 aromatic rings. The number of hydrogen-bond donors (Lipinski definition) is 0. The monoisotopic (exact) mass is 540 g/mol. The Kier molecular flexibility index (Phi) is 9.26. The molecule has 0 N–H and O–H groups in total. The van der Waals surface area contributed by atoms with Gasteiger partial charge >= 0.3 is 12.1 Å². The Hall–Kier alpha value is -3.61. The standard InChI is InChI=1S/C32H35F3O4/c1-7-38-30(37)31(5,6)39-29-17-12-25(18-21(29)4)28(36)16-11-24-19-23(10-15-27(24)20(2)3)22-8-13-26(14-9-22)32(33,34)35/h8-10,12-15,17-20H,7,11,16H2,1-6H3. The Labute approximate surface area is 228 Å². The summed E-state index contributed by atoms with van der Waals surface area (Å²) < 4.78 is 49.9. The largest absolute Gasteiger partial charge is 0.476 e. The second-order valence-electron chi connectivity index (χ2n) is 10.4. The number of carbonyl (C=O) groups excluding carboxylic acids is 2. The van der Waals surface area contributed by atoms with Crippen LogP contribution in [0.5, 0.6) is 5.75 Å². The Bertz CT molecular complexity index is 1320. The van der Waals surface area contributed by atoms with Crippen molar-refractivity contribution in [1.82, 2.24) is 0 Å². The molecule has 0 aliphatic rings. The second kappa shape index (κ2) is 12.1. The molecule has 0 radical (unpaired) electrons. The summed E-state index contributed by atoms with van der Waals surface area (Å²) in [6.07, 6.45) is -3.62. The molecule has 0 aromatic heterocycles. The predicted octanol–water partition coefficient (Wildman–Crippen LogP) is 8.34. The first-order chi connectivity index (χ1) is 18.2. The number of aryl methyl sites for hydroxylation is 2. The van der Waals surface area contributed by atoms with E-state index in [1.54, 1.807) is 39.0 Å². The summed E-state index contributed by atoms with van der Waals surface area (Å²) in [4.78, 5) is 25.3. The van der Waals surface area contributed by atoms with E-state index in [2.05, 4.69) is 13.8 Å². The van der Waals surface area contributed by atoms with Crippen LogP contribution in [-0.4, -0.2) is 24.0 Å². The van der Waals surface area contributed by atoms with Crippen LogP contribution in [0.1, 0.15) is 79.6 Å². The molecule has 4 nitrogen and oxygen atoms in total. The number of halogens is 3. The molecule has 0 saturated heterocycles. The molecule has 0 heterocycles. The Morgan fingerprint density at radius 3 is 2.10 bits per heavy atom. The zero-order chi connectivity index (χ0) is 29.0. The van der Waals surface area contributed by atoms with E-state index in [0.29, 0.717) is 23.3 Å². The third kappa shape index (κ3) is 7.49. The second-order valence-corrected chi connectivity index (χ2v) is 10.4. The van der Waals surface area contributed by atoms with Crippen LogP contribution in [0.4, 0.5) is 13.2 Å². The average Bonchev–Trinajstić information content (AvgIpc) is 2.87. The van der Waals surface area contributed by atoms with Crippen molar-refractivity contribution in [3.63, 3.8) is 0 Å². The fraction of sp³-hybridized carbons (Fsp3) is 0.375. The van der Waals surface area contributed by atoms with E-state index in [9.17, 15) is 22.8 Å². The Morgan fingerprint density at radius 1 is 0.897 bits per heavy atom. The maximum absolute atomic E-state index is 13.1. The van der Waals surface area contributed by atoms with Crippen LogP contribution in [-0.2, 0) is 22.1 Å². The van der Waals surface area contributed by atoms with Crippen LogP contribution in [0.25, 0.3) is 11.1 Å². The van der Waals surface area contributed by atoms with Crippen molar-refractivity contribution >= 4 is 11.8 Å². The van der Waals surface area contributed by atoms with E-state index in [0.717, 1.165) is 34.4 Å². The molecule has 0 amide bonds. The van der Waals surface area contributed by atoms with Crippen LogP contribution < -0.4 is 4.74 Å². The first-order valence-electron chi connectivity index (χ1n) is 13.0. The molecule has 208 valence electrons. The normalized spacial score (nSPS) is 11.9. The van der Waals surface area contributed by atoms with Gasteiger partial charge in [0, 0.05) is 12.0 Å². The summed E-state index contributed by atoms with van der Waals surface area (Å²) in [5, 5.41) is 0. The predicted molar refractivity (Wildman–Crippen MR) is 146 cm³/mol. The van der Waals surface area contributed by atoms with Gasteiger partial charge < -0.3 is 9.47 Å². The summed E-state index contributed by atoms with van der Waals surface area (Å²) in [7, 11) is 0. The highest BCUT2D eigenvalue weighted by Gasteiger charge is 2.32. The number of carbonyl (C=O) groups is 2. The molecule has 0 aliphatic carbocycles. The van der Waals surface area contributed by atoms with Gasteiger partial charge in [0.2, 0.25) is 0 Å². The molecule has 0 spiro atoms.